The second-order valence-electron chi connectivity index (χ2n) is 4.81. The van der Waals surface area contributed by atoms with Crippen LogP contribution in [0, 0.1) is 5.92 Å². The lowest BCUT2D eigenvalue weighted by molar-refractivity contribution is 0.0622. The van der Waals surface area contributed by atoms with E-state index in [2.05, 4.69) is 17.2 Å². The number of nitrogens with two attached hydrogens (primary N) is 1. The van der Waals surface area contributed by atoms with Gasteiger partial charge in [0.25, 0.3) is 0 Å². The topological polar surface area (TPSA) is 97.5 Å². The zero-order valence-corrected chi connectivity index (χ0v) is 10.9. The van der Waals surface area contributed by atoms with E-state index in [1.165, 1.54) is 12.3 Å². The Morgan fingerprint density at radius 3 is 2.89 bits per heavy atom. The molecule has 1 fully saturated rings. The van der Waals surface area contributed by atoms with Crippen molar-refractivity contribution in [1.29, 1.82) is 0 Å². The fraction of sp³-hybridized carbons (Fsp3) is 0.538. The molecule has 0 aliphatic carbocycles. The smallest absolute Gasteiger partial charge is 0.337 e. The predicted octanol–water partition coefficient (Wildman–Crippen LogP) is 1.59. The fourth-order valence-corrected chi connectivity index (χ4v) is 2.32. The Labute approximate surface area is 112 Å². The lowest BCUT2D eigenvalue weighted by Gasteiger charge is -2.29. The van der Waals surface area contributed by atoms with E-state index in [1.54, 1.807) is 0 Å². The molecule has 0 saturated carbocycles. The van der Waals surface area contributed by atoms with Gasteiger partial charge in [0.2, 0.25) is 0 Å². The summed E-state index contributed by atoms with van der Waals surface area (Å²) in [5, 5.41) is 12.2. The van der Waals surface area contributed by atoms with E-state index in [1.807, 2.05) is 0 Å². The quantitative estimate of drug-likeness (QED) is 0.764. The van der Waals surface area contributed by atoms with Crippen molar-refractivity contribution in [2.45, 2.75) is 25.8 Å². The molecule has 19 heavy (non-hydrogen) atoms. The molecule has 0 radical (unpaired) electrons. The highest BCUT2D eigenvalue weighted by Crippen LogP contribution is 2.25. The van der Waals surface area contributed by atoms with E-state index in [0.717, 1.165) is 26.1 Å². The van der Waals surface area contributed by atoms with Crippen molar-refractivity contribution < 1.29 is 14.6 Å². The summed E-state index contributed by atoms with van der Waals surface area (Å²) in [6.07, 6.45) is 3.44. The molecular formula is C13H19N3O3. The summed E-state index contributed by atoms with van der Waals surface area (Å²) in [6, 6.07) is 1.59. The summed E-state index contributed by atoms with van der Waals surface area (Å²) < 4.78 is 5.33. The molecule has 1 unspecified atom stereocenters. The summed E-state index contributed by atoms with van der Waals surface area (Å²) in [4.78, 5) is 15.1. The number of aromatic nitrogens is 1. The number of nitrogens with one attached hydrogen (secondary N) is 1. The molecule has 0 aromatic carbocycles. The van der Waals surface area contributed by atoms with Crippen LogP contribution in [0.25, 0.3) is 0 Å². The molecule has 2 rings (SSSR count). The molecule has 104 valence electrons. The van der Waals surface area contributed by atoms with Crippen molar-refractivity contribution in [2.24, 2.45) is 5.92 Å². The highest BCUT2D eigenvalue weighted by atomic mass is 16.5. The number of nitrogen functional groups attached to an aromatic ring is 1. The van der Waals surface area contributed by atoms with Gasteiger partial charge in [0.1, 0.15) is 5.82 Å². The number of hydrogen-bond acceptors (Lipinski definition) is 5. The first-order valence-electron chi connectivity index (χ1n) is 6.41. The van der Waals surface area contributed by atoms with Crippen LogP contribution in [-0.4, -0.2) is 35.3 Å². The molecular weight excluding hydrogens is 246 g/mol. The van der Waals surface area contributed by atoms with Gasteiger partial charge in [-0.2, -0.15) is 0 Å². The zero-order valence-electron chi connectivity index (χ0n) is 10.9. The minimum absolute atomic E-state index is 0.0803. The molecule has 6 nitrogen and oxygen atoms in total. The molecule has 1 aliphatic heterocycles. The van der Waals surface area contributed by atoms with Crippen molar-refractivity contribution in [3.8, 4) is 0 Å². The van der Waals surface area contributed by atoms with Crippen molar-refractivity contribution in [3.05, 3.63) is 17.8 Å². The molecule has 0 amide bonds. The Morgan fingerprint density at radius 2 is 2.26 bits per heavy atom. The maximum Gasteiger partial charge on any atom is 0.337 e. The summed E-state index contributed by atoms with van der Waals surface area (Å²) in [5.74, 6) is -0.107. The van der Waals surface area contributed by atoms with E-state index in [-0.39, 0.29) is 17.3 Å². The van der Waals surface area contributed by atoms with Crippen molar-refractivity contribution in [3.63, 3.8) is 0 Å². The van der Waals surface area contributed by atoms with Gasteiger partial charge >= 0.3 is 5.97 Å². The molecule has 0 bridgehead atoms. The van der Waals surface area contributed by atoms with Crippen molar-refractivity contribution in [1.82, 2.24) is 4.98 Å². The van der Waals surface area contributed by atoms with Gasteiger partial charge in [0.05, 0.1) is 11.3 Å². The van der Waals surface area contributed by atoms with Crippen LogP contribution in [0.4, 0.5) is 11.5 Å². The largest absolute Gasteiger partial charge is 0.478 e. The van der Waals surface area contributed by atoms with Crippen molar-refractivity contribution >= 4 is 17.5 Å². The first-order valence-corrected chi connectivity index (χ1v) is 6.41. The number of pyridine rings is 1. The van der Waals surface area contributed by atoms with Crippen LogP contribution in [0.2, 0.25) is 0 Å². The van der Waals surface area contributed by atoms with Gasteiger partial charge in [-0.3, -0.25) is 0 Å². The Morgan fingerprint density at radius 1 is 1.58 bits per heavy atom. The minimum Gasteiger partial charge on any atom is -0.478 e. The molecule has 1 aromatic heterocycles. The average Bonchev–Trinajstić information content (AvgIpc) is 2.41. The van der Waals surface area contributed by atoms with Crippen LogP contribution in [0.5, 0.6) is 0 Å². The molecule has 4 N–H and O–H groups in total. The third kappa shape index (κ3) is 3.14. The zero-order chi connectivity index (χ0) is 13.8. The summed E-state index contributed by atoms with van der Waals surface area (Å²) in [5.41, 5.74) is 6.10. The van der Waals surface area contributed by atoms with Gasteiger partial charge in [-0.25, -0.2) is 9.78 Å². The first kappa shape index (κ1) is 13.6. The maximum absolute atomic E-state index is 11.0. The standard InChI is InChI=1S/C13H19N3O3/c1-8(9-3-6-19-7-4-9)16-12-11(14)10(13(17)18)2-5-15-12/h2,5,8-9H,3-4,6-7,14H2,1H3,(H,15,16)(H,17,18). The fourth-order valence-electron chi connectivity index (χ4n) is 2.32. The molecule has 1 saturated heterocycles. The average molecular weight is 265 g/mol. The van der Waals surface area contributed by atoms with Gasteiger partial charge in [-0.05, 0) is 31.7 Å². The SMILES string of the molecule is CC(Nc1nccc(C(=O)O)c1N)C1CCOCC1. The summed E-state index contributed by atoms with van der Waals surface area (Å²) >= 11 is 0. The number of anilines is 2. The van der Waals surface area contributed by atoms with Gasteiger partial charge in [0.15, 0.2) is 0 Å². The van der Waals surface area contributed by atoms with Gasteiger partial charge < -0.3 is 20.9 Å². The minimum atomic E-state index is -1.04. The Kier molecular flexibility index (Phi) is 4.21. The van der Waals surface area contributed by atoms with Crippen LogP contribution < -0.4 is 11.1 Å². The van der Waals surface area contributed by atoms with Crippen LogP contribution >= 0.6 is 0 Å². The van der Waals surface area contributed by atoms with E-state index >= 15 is 0 Å². The lowest BCUT2D eigenvalue weighted by atomic mass is 9.93. The number of carboxylic acid groups (broad SMARTS) is 1. The highest BCUT2D eigenvalue weighted by Gasteiger charge is 2.22. The number of aromatic carboxylic acids is 1. The third-order valence-electron chi connectivity index (χ3n) is 3.56. The number of carbonyl (C=O) groups is 1. The number of carboxylic acids is 1. The predicted molar refractivity (Wildman–Crippen MR) is 72.2 cm³/mol. The number of ether oxygens (including phenoxy) is 1. The number of rotatable bonds is 4. The summed E-state index contributed by atoms with van der Waals surface area (Å²) in [7, 11) is 0. The normalized spacial score (nSPS) is 17.9. The maximum atomic E-state index is 11.0. The van der Waals surface area contributed by atoms with Crippen LogP contribution in [0.3, 0.4) is 0 Å². The number of nitrogens with zero attached hydrogens (tertiary/aromatic N) is 1. The molecule has 1 aromatic rings. The van der Waals surface area contributed by atoms with Crippen molar-refractivity contribution in [2.75, 3.05) is 24.3 Å². The Hall–Kier alpha value is -1.82. The molecule has 1 atom stereocenters. The lowest BCUT2D eigenvalue weighted by Crippen LogP contribution is -2.31. The van der Waals surface area contributed by atoms with Crippen LogP contribution in [0.1, 0.15) is 30.1 Å². The van der Waals surface area contributed by atoms with E-state index < -0.39 is 5.97 Å². The van der Waals surface area contributed by atoms with E-state index in [0.29, 0.717) is 11.7 Å². The second-order valence-corrected chi connectivity index (χ2v) is 4.81. The molecule has 6 heteroatoms. The molecule has 2 heterocycles. The van der Waals surface area contributed by atoms with Gasteiger partial charge in [-0.15, -0.1) is 0 Å². The Balaban J connectivity index is 2.10. The highest BCUT2D eigenvalue weighted by molar-refractivity contribution is 5.96. The first-order chi connectivity index (χ1) is 9.09. The molecule has 0 spiro atoms. The van der Waals surface area contributed by atoms with Gasteiger partial charge in [-0.1, -0.05) is 0 Å². The second kappa shape index (κ2) is 5.88. The van der Waals surface area contributed by atoms with Gasteiger partial charge in [0, 0.05) is 25.5 Å². The van der Waals surface area contributed by atoms with E-state index in [4.69, 9.17) is 15.6 Å². The monoisotopic (exact) mass is 265 g/mol. The Bertz CT molecular complexity index is 458. The molecule has 1 aliphatic rings. The summed E-state index contributed by atoms with van der Waals surface area (Å²) in [6.45, 7) is 3.61. The van der Waals surface area contributed by atoms with Crippen LogP contribution in [0.15, 0.2) is 12.3 Å². The third-order valence-corrected chi connectivity index (χ3v) is 3.56. The van der Waals surface area contributed by atoms with Crippen LogP contribution in [-0.2, 0) is 4.74 Å². The number of hydrogen-bond donors (Lipinski definition) is 3. The van der Waals surface area contributed by atoms with E-state index in [9.17, 15) is 4.79 Å².